The van der Waals surface area contributed by atoms with Crippen molar-refractivity contribution in [2.24, 2.45) is 0 Å². The second kappa shape index (κ2) is 9.53. The third kappa shape index (κ3) is 5.35. The molecule has 7 nitrogen and oxygen atoms in total. The Morgan fingerprint density at radius 1 is 0.903 bits per heavy atom. The van der Waals surface area contributed by atoms with Gasteiger partial charge in [0.1, 0.15) is 11.5 Å². The SMILES string of the molecule is COc1ccc(C(C)NC(=O)c2ccc(NS(=O)(=O)c3ccccc3)cc2)c(OC)c1. The lowest BCUT2D eigenvalue weighted by Gasteiger charge is -2.18. The molecule has 1 unspecified atom stereocenters. The Balaban J connectivity index is 1.69. The highest BCUT2D eigenvalue weighted by Crippen LogP contribution is 2.29. The van der Waals surface area contributed by atoms with Gasteiger partial charge in [0.2, 0.25) is 0 Å². The van der Waals surface area contributed by atoms with Crippen molar-refractivity contribution in [3.8, 4) is 11.5 Å². The number of methoxy groups -OCH3 is 2. The number of carbonyl (C=O) groups is 1. The van der Waals surface area contributed by atoms with Crippen LogP contribution in [0, 0.1) is 0 Å². The average Bonchev–Trinajstić information content (AvgIpc) is 2.79. The van der Waals surface area contributed by atoms with E-state index in [0.29, 0.717) is 22.7 Å². The van der Waals surface area contributed by atoms with E-state index in [4.69, 9.17) is 9.47 Å². The van der Waals surface area contributed by atoms with Crippen molar-refractivity contribution in [1.29, 1.82) is 0 Å². The number of hydrogen-bond acceptors (Lipinski definition) is 5. The molecule has 8 heteroatoms. The summed E-state index contributed by atoms with van der Waals surface area (Å²) in [4.78, 5) is 12.8. The van der Waals surface area contributed by atoms with Crippen LogP contribution < -0.4 is 19.5 Å². The number of benzene rings is 3. The summed E-state index contributed by atoms with van der Waals surface area (Å²) in [6, 6.07) is 19.4. The summed E-state index contributed by atoms with van der Waals surface area (Å²) in [6.45, 7) is 1.85. The molecule has 0 bridgehead atoms. The van der Waals surface area contributed by atoms with E-state index in [0.717, 1.165) is 5.56 Å². The predicted molar refractivity (Wildman–Crippen MR) is 119 cm³/mol. The molecule has 0 spiro atoms. The third-order valence-corrected chi connectivity index (χ3v) is 6.10. The minimum atomic E-state index is -3.69. The molecule has 1 amide bonds. The van der Waals surface area contributed by atoms with Gasteiger partial charge >= 0.3 is 0 Å². The zero-order valence-corrected chi connectivity index (χ0v) is 18.3. The third-order valence-electron chi connectivity index (χ3n) is 4.71. The number of amides is 1. The molecule has 0 aliphatic rings. The minimum Gasteiger partial charge on any atom is -0.497 e. The molecule has 0 aromatic heterocycles. The van der Waals surface area contributed by atoms with Gasteiger partial charge in [-0.3, -0.25) is 9.52 Å². The molecule has 2 N–H and O–H groups in total. The van der Waals surface area contributed by atoms with Gasteiger partial charge in [-0.2, -0.15) is 0 Å². The van der Waals surface area contributed by atoms with Crippen LogP contribution >= 0.6 is 0 Å². The summed E-state index contributed by atoms with van der Waals surface area (Å²) in [7, 11) is -0.559. The molecule has 3 aromatic carbocycles. The van der Waals surface area contributed by atoms with Crippen molar-refractivity contribution in [2.45, 2.75) is 17.9 Å². The van der Waals surface area contributed by atoms with Gasteiger partial charge in [0, 0.05) is 22.9 Å². The summed E-state index contributed by atoms with van der Waals surface area (Å²) >= 11 is 0. The number of carbonyl (C=O) groups excluding carboxylic acids is 1. The summed E-state index contributed by atoms with van der Waals surface area (Å²) in [6.07, 6.45) is 0. The Labute approximate surface area is 182 Å². The first-order valence-electron chi connectivity index (χ1n) is 9.55. The van der Waals surface area contributed by atoms with Crippen LogP contribution in [-0.2, 0) is 10.0 Å². The number of hydrogen-bond donors (Lipinski definition) is 2. The fraction of sp³-hybridized carbons (Fsp3) is 0.174. The largest absolute Gasteiger partial charge is 0.497 e. The van der Waals surface area contributed by atoms with Crippen molar-refractivity contribution in [3.63, 3.8) is 0 Å². The van der Waals surface area contributed by atoms with E-state index in [1.54, 1.807) is 68.8 Å². The molecule has 0 aliphatic carbocycles. The normalized spacial score (nSPS) is 12.0. The molecule has 1 atom stereocenters. The van der Waals surface area contributed by atoms with Gasteiger partial charge in [0.25, 0.3) is 15.9 Å². The molecule has 0 fully saturated rings. The zero-order chi connectivity index (χ0) is 22.4. The first-order chi connectivity index (χ1) is 14.8. The van der Waals surface area contributed by atoms with Crippen molar-refractivity contribution in [1.82, 2.24) is 5.32 Å². The maximum absolute atomic E-state index is 12.7. The summed E-state index contributed by atoms with van der Waals surface area (Å²) < 4.78 is 37.9. The molecule has 0 heterocycles. The van der Waals surface area contributed by atoms with E-state index in [-0.39, 0.29) is 16.8 Å². The lowest BCUT2D eigenvalue weighted by molar-refractivity contribution is 0.0939. The zero-order valence-electron chi connectivity index (χ0n) is 17.5. The Kier molecular flexibility index (Phi) is 6.81. The van der Waals surface area contributed by atoms with Crippen LogP contribution in [0.3, 0.4) is 0 Å². The predicted octanol–water partition coefficient (Wildman–Crippen LogP) is 4.00. The van der Waals surface area contributed by atoms with E-state index in [9.17, 15) is 13.2 Å². The maximum Gasteiger partial charge on any atom is 0.261 e. The van der Waals surface area contributed by atoms with Gasteiger partial charge < -0.3 is 14.8 Å². The highest BCUT2D eigenvalue weighted by molar-refractivity contribution is 7.92. The Hall–Kier alpha value is -3.52. The van der Waals surface area contributed by atoms with Crippen molar-refractivity contribution >= 4 is 21.6 Å². The second-order valence-electron chi connectivity index (χ2n) is 6.80. The van der Waals surface area contributed by atoms with Gasteiger partial charge in [-0.1, -0.05) is 18.2 Å². The van der Waals surface area contributed by atoms with Crippen molar-refractivity contribution in [3.05, 3.63) is 83.9 Å². The van der Waals surface area contributed by atoms with Gasteiger partial charge in [-0.05, 0) is 55.5 Å². The van der Waals surface area contributed by atoms with Crippen LogP contribution in [0.2, 0.25) is 0 Å². The van der Waals surface area contributed by atoms with Gasteiger partial charge in [0.05, 0.1) is 25.2 Å². The van der Waals surface area contributed by atoms with Gasteiger partial charge in [0.15, 0.2) is 0 Å². The molecular weight excluding hydrogens is 416 g/mol. The molecule has 0 radical (unpaired) electrons. The van der Waals surface area contributed by atoms with Crippen molar-refractivity contribution < 1.29 is 22.7 Å². The molecule has 0 saturated carbocycles. The van der Waals surface area contributed by atoms with E-state index < -0.39 is 10.0 Å². The minimum absolute atomic E-state index is 0.166. The number of anilines is 1. The fourth-order valence-electron chi connectivity index (χ4n) is 3.04. The van der Waals surface area contributed by atoms with Crippen LogP contribution in [0.4, 0.5) is 5.69 Å². The molecule has 3 rings (SSSR count). The van der Waals surface area contributed by atoms with E-state index in [2.05, 4.69) is 10.0 Å². The highest BCUT2D eigenvalue weighted by Gasteiger charge is 2.17. The lowest BCUT2D eigenvalue weighted by Crippen LogP contribution is -2.27. The number of rotatable bonds is 8. The quantitative estimate of drug-likeness (QED) is 0.552. The Bertz CT molecular complexity index is 1150. The van der Waals surface area contributed by atoms with Gasteiger partial charge in [-0.25, -0.2) is 8.42 Å². The molecule has 3 aromatic rings. The first-order valence-corrected chi connectivity index (χ1v) is 11.0. The molecule has 0 aliphatic heterocycles. The first kappa shape index (κ1) is 22.2. The molecule has 162 valence electrons. The molecule has 31 heavy (non-hydrogen) atoms. The topological polar surface area (TPSA) is 93.7 Å². The summed E-state index contributed by atoms with van der Waals surface area (Å²) in [5.74, 6) is 0.980. The average molecular weight is 441 g/mol. The van der Waals surface area contributed by atoms with Gasteiger partial charge in [-0.15, -0.1) is 0 Å². The van der Waals surface area contributed by atoms with E-state index in [1.165, 1.54) is 12.1 Å². The smallest absolute Gasteiger partial charge is 0.261 e. The molecular formula is C23H24N2O5S. The van der Waals surface area contributed by atoms with Crippen LogP contribution in [0.25, 0.3) is 0 Å². The number of nitrogens with one attached hydrogen (secondary N) is 2. The second-order valence-corrected chi connectivity index (χ2v) is 8.48. The standard InChI is InChI=1S/C23H24N2O5S/c1-16(21-14-13-19(29-2)15-22(21)30-3)24-23(26)17-9-11-18(12-10-17)25-31(27,28)20-7-5-4-6-8-20/h4-16,25H,1-3H3,(H,24,26). The van der Waals surface area contributed by atoms with E-state index >= 15 is 0 Å². The van der Waals surface area contributed by atoms with Crippen LogP contribution in [-0.4, -0.2) is 28.5 Å². The number of sulfonamides is 1. The summed E-state index contributed by atoms with van der Waals surface area (Å²) in [5, 5.41) is 2.92. The highest BCUT2D eigenvalue weighted by atomic mass is 32.2. The molecule has 0 saturated heterocycles. The Morgan fingerprint density at radius 3 is 2.19 bits per heavy atom. The van der Waals surface area contributed by atoms with Crippen molar-refractivity contribution in [2.75, 3.05) is 18.9 Å². The fourth-order valence-corrected chi connectivity index (χ4v) is 4.12. The Morgan fingerprint density at radius 2 is 1.58 bits per heavy atom. The maximum atomic E-state index is 12.7. The monoisotopic (exact) mass is 440 g/mol. The number of ether oxygens (including phenoxy) is 2. The lowest BCUT2D eigenvalue weighted by atomic mass is 10.1. The van der Waals surface area contributed by atoms with Crippen LogP contribution in [0.15, 0.2) is 77.7 Å². The van der Waals surface area contributed by atoms with E-state index in [1.807, 2.05) is 13.0 Å². The summed E-state index contributed by atoms with van der Waals surface area (Å²) in [5.41, 5.74) is 1.58. The van der Waals surface area contributed by atoms with Crippen LogP contribution in [0.1, 0.15) is 28.9 Å². The van der Waals surface area contributed by atoms with Crippen LogP contribution in [0.5, 0.6) is 11.5 Å².